The maximum atomic E-state index is 12.6. The van der Waals surface area contributed by atoms with Gasteiger partial charge in [0, 0.05) is 30.9 Å². The van der Waals surface area contributed by atoms with Gasteiger partial charge in [0.15, 0.2) is 5.82 Å². The summed E-state index contributed by atoms with van der Waals surface area (Å²) in [5.74, 6) is 1.91. The smallest absolute Gasteiger partial charge is 0.408 e. The Morgan fingerprint density at radius 3 is 2.42 bits per heavy atom. The highest BCUT2D eigenvalue weighted by atomic mass is 16.6. The van der Waals surface area contributed by atoms with Gasteiger partial charge in [0.25, 0.3) is 0 Å². The summed E-state index contributed by atoms with van der Waals surface area (Å²) in [6, 6.07) is 9.95. The number of carbonyl (C=O) groups excluding carboxylic acids is 1. The molecule has 0 radical (unpaired) electrons. The lowest BCUT2D eigenvalue weighted by Gasteiger charge is -2.33. The second-order valence-electron chi connectivity index (χ2n) is 10.0. The summed E-state index contributed by atoms with van der Waals surface area (Å²) >= 11 is 0. The maximum Gasteiger partial charge on any atom is 0.408 e. The summed E-state index contributed by atoms with van der Waals surface area (Å²) in [5.41, 5.74) is 2.52. The largest absolute Gasteiger partial charge is 0.444 e. The van der Waals surface area contributed by atoms with E-state index >= 15 is 0 Å². The van der Waals surface area contributed by atoms with Crippen molar-refractivity contribution in [1.29, 1.82) is 0 Å². The van der Waals surface area contributed by atoms with Crippen LogP contribution in [0.3, 0.4) is 0 Å². The van der Waals surface area contributed by atoms with E-state index in [0.717, 1.165) is 53.8 Å². The van der Waals surface area contributed by atoms with Crippen molar-refractivity contribution in [2.45, 2.75) is 59.1 Å². The highest BCUT2D eigenvalue weighted by Gasteiger charge is 2.26. The number of fused-ring (bicyclic) bond motifs is 1. The Morgan fingerprint density at radius 1 is 1.09 bits per heavy atom. The van der Waals surface area contributed by atoms with Crippen molar-refractivity contribution in [1.82, 2.24) is 20.3 Å². The first-order valence-corrected chi connectivity index (χ1v) is 11.7. The molecule has 1 fully saturated rings. The van der Waals surface area contributed by atoms with Crippen molar-refractivity contribution in [2.24, 2.45) is 5.92 Å². The summed E-state index contributed by atoms with van der Waals surface area (Å²) in [5, 5.41) is 4.04. The fourth-order valence-corrected chi connectivity index (χ4v) is 3.93. The Kier molecular flexibility index (Phi) is 6.49. The molecule has 1 unspecified atom stereocenters. The molecule has 1 amide bonds. The van der Waals surface area contributed by atoms with Crippen molar-refractivity contribution in [3.8, 4) is 11.1 Å². The van der Waals surface area contributed by atoms with E-state index in [4.69, 9.17) is 14.7 Å². The van der Waals surface area contributed by atoms with Gasteiger partial charge in [-0.25, -0.2) is 14.8 Å². The first-order chi connectivity index (χ1) is 15.7. The summed E-state index contributed by atoms with van der Waals surface area (Å²) in [6.45, 7) is 11.8. The number of nitrogens with zero attached hydrogens (tertiary/aromatic N) is 4. The molecule has 0 aliphatic carbocycles. The van der Waals surface area contributed by atoms with Gasteiger partial charge in [-0.3, -0.25) is 4.98 Å². The molecule has 1 aliphatic heterocycles. The van der Waals surface area contributed by atoms with Crippen LogP contribution in [-0.2, 0) is 4.74 Å². The molecule has 0 saturated carbocycles. The lowest BCUT2D eigenvalue weighted by atomic mass is 10.0. The van der Waals surface area contributed by atoms with Crippen molar-refractivity contribution >= 4 is 22.8 Å². The average Bonchev–Trinajstić information content (AvgIpc) is 2.70. The van der Waals surface area contributed by atoms with Crippen LogP contribution in [0, 0.1) is 5.92 Å². The molecule has 174 valence electrons. The van der Waals surface area contributed by atoms with E-state index in [1.165, 1.54) is 0 Å². The van der Waals surface area contributed by atoms with E-state index in [9.17, 15) is 4.79 Å². The molecular formula is C26H33N5O2. The van der Waals surface area contributed by atoms with Gasteiger partial charge >= 0.3 is 6.09 Å². The molecule has 2 aromatic heterocycles. The third-order valence-corrected chi connectivity index (χ3v) is 5.57. The van der Waals surface area contributed by atoms with Gasteiger partial charge in [0.05, 0.1) is 11.6 Å². The molecule has 0 bridgehead atoms. The number of benzene rings is 1. The number of aromatic nitrogens is 3. The van der Waals surface area contributed by atoms with E-state index < -0.39 is 11.7 Å². The second-order valence-corrected chi connectivity index (χ2v) is 10.0. The Bertz CT molecular complexity index is 1120. The average molecular weight is 448 g/mol. The molecule has 1 N–H and O–H groups in total. The fourth-order valence-electron chi connectivity index (χ4n) is 3.93. The number of ether oxygens (including phenoxy) is 1. The number of hydrogen-bond donors (Lipinski definition) is 1. The van der Waals surface area contributed by atoms with Crippen LogP contribution in [-0.4, -0.2) is 39.7 Å². The van der Waals surface area contributed by atoms with Gasteiger partial charge in [0.2, 0.25) is 0 Å². The molecule has 1 aliphatic rings. The summed E-state index contributed by atoms with van der Waals surface area (Å²) in [6.07, 6.45) is 5.02. The Hall–Kier alpha value is -3.22. The third kappa shape index (κ3) is 5.59. The van der Waals surface area contributed by atoms with Crippen LogP contribution < -0.4 is 10.2 Å². The second kappa shape index (κ2) is 9.33. The van der Waals surface area contributed by atoms with Gasteiger partial charge in [0.1, 0.15) is 11.4 Å². The number of pyridine rings is 1. The van der Waals surface area contributed by atoms with Crippen LogP contribution in [0.25, 0.3) is 22.0 Å². The number of amides is 1. The lowest BCUT2D eigenvalue weighted by Crippen LogP contribution is -2.39. The summed E-state index contributed by atoms with van der Waals surface area (Å²) in [4.78, 5) is 28.9. The van der Waals surface area contributed by atoms with Gasteiger partial charge in [-0.15, -0.1) is 0 Å². The quantitative estimate of drug-likeness (QED) is 0.536. The minimum absolute atomic E-state index is 0.329. The number of alkyl carbamates (subject to hydrolysis) is 1. The number of rotatable bonds is 6. The van der Waals surface area contributed by atoms with Crippen molar-refractivity contribution in [3.63, 3.8) is 0 Å². The molecule has 7 nitrogen and oxygen atoms in total. The zero-order chi connectivity index (χ0) is 23.6. The van der Waals surface area contributed by atoms with Crippen molar-refractivity contribution in [3.05, 3.63) is 48.5 Å². The Balaban J connectivity index is 1.75. The standard InChI is InChI=1S/C26H33N5O2/c1-17(2)15-22(29-25(32)33-26(3,4)5)23-28-21-8-7-19(18-9-11-27-12-10-18)16-20(21)24(30-23)31-13-6-14-31/h7-12,16-17,22H,6,13-15H2,1-5H3,(H,29,32). The van der Waals surface area contributed by atoms with E-state index in [0.29, 0.717) is 11.7 Å². The first kappa shape index (κ1) is 23.0. The minimum Gasteiger partial charge on any atom is -0.444 e. The van der Waals surface area contributed by atoms with Crippen LogP contribution in [0.15, 0.2) is 42.7 Å². The van der Waals surface area contributed by atoms with Gasteiger partial charge < -0.3 is 15.0 Å². The zero-order valence-corrected chi connectivity index (χ0v) is 20.1. The number of hydrogen-bond acceptors (Lipinski definition) is 6. The predicted molar refractivity (Wildman–Crippen MR) is 131 cm³/mol. The van der Waals surface area contributed by atoms with E-state index in [1.54, 1.807) is 12.4 Å². The molecule has 1 aromatic carbocycles. The lowest BCUT2D eigenvalue weighted by molar-refractivity contribution is 0.0495. The molecule has 3 heterocycles. The number of anilines is 1. The molecule has 4 rings (SSSR count). The SMILES string of the molecule is CC(C)CC(NC(=O)OC(C)(C)C)c1nc(N2CCC2)c2cc(-c3ccncc3)ccc2n1. The third-order valence-electron chi connectivity index (χ3n) is 5.57. The normalized spacial score (nSPS) is 14.8. The van der Waals surface area contributed by atoms with Gasteiger partial charge in [-0.05, 0) is 74.9 Å². The summed E-state index contributed by atoms with van der Waals surface area (Å²) < 4.78 is 5.51. The first-order valence-electron chi connectivity index (χ1n) is 11.7. The molecule has 1 saturated heterocycles. The fraction of sp³-hybridized carbons (Fsp3) is 0.462. The molecule has 7 heteroatoms. The minimum atomic E-state index is -0.567. The van der Waals surface area contributed by atoms with Gasteiger partial charge in [-0.1, -0.05) is 19.9 Å². The van der Waals surface area contributed by atoms with Crippen LogP contribution in [0.2, 0.25) is 0 Å². The zero-order valence-electron chi connectivity index (χ0n) is 20.1. The van der Waals surface area contributed by atoms with Crippen molar-refractivity contribution in [2.75, 3.05) is 18.0 Å². The Morgan fingerprint density at radius 2 is 1.82 bits per heavy atom. The highest BCUT2D eigenvalue weighted by Crippen LogP contribution is 2.33. The molecule has 1 atom stereocenters. The van der Waals surface area contributed by atoms with Crippen LogP contribution in [0.1, 0.15) is 59.3 Å². The van der Waals surface area contributed by atoms with Crippen molar-refractivity contribution < 1.29 is 9.53 Å². The Labute approximate surface area is 195 Å². The van der Waals surface area contributed by atoms with Crippen LogP contribution >= 0.6 is 0 Å². The predicted octanol–water partition coefficient (Wildman–Crippen LogP) is 5.51. The van der Waals surface area contributed by atoms with E-state index in [2.05, 4.69) is 41.2 Å². The summed E-state index contributed by atoms with van der Waals surface area (Å²) in [7, 11) is 0. The maximum absolute atomic E-state index is 12.6. The topological polar surface area (TPSA) is 80.2 Å². The monoisotopic (exact) mass is 447 g/mol. The molecule has 3 aromatic rings. The molecule has 33 heavy (non-hydrogen) atoms. The molecular weight excluding hydrogens is 414 g/mol. The van der Waals surface area contributed by atoms with E-state index in [1.807, 2.05) is 39.0 Å². The van der Waals surface area contributed by atoms with Crippen LogP contribution in [0.5, 0.6) is 0 Å². The molecule has 0 spiro atoms. The van der Waals surface area contributed by atoms with Gasteiger partial charge in [-0.2, -0.15) is 0 Å². The highest BCUT2D eigenvalue weighted by molar-refractivity contribution is 5.93. The number of carbonyl (C=O) groups is 1. The number of nitrogens with one attached hydrogen (secondary N) is 1. The van der Waals surface area contributed by atoms with Crippen LogP contribution in [0.4, 0.5) is 10.6 Å². The van der Waals surface area contributed by atoms with E-state index in [-0.39, 0.29) is 6.04 Å².